The van der Waals surface area contributed by atoms with Crippen LogP contribution in [0, 0.1) is 13.8 Å². The SMILES string of the molecule is CSCCC(C)NC(C)c1nc(C)sc1C. The van der Waals surface area contributed by atoms with Crippen molar-refractivity contribution in [1.29, 1.82) is 0 Å². The number of hydrogen-bond donors (Lipinski definition) is 1. The normalized spacial score (nSPS) is 15.1. The van der Waals surface area contributed by atoms with Crippen molar-refractivity contribution in [2.24, 2.45) is 0 Å². The Bertz CT molecular complexity index is 323. The van der Waals surface area contributed by atoms with E-state index in [1.807, 2.05) is 11.8 Å². The van der Waals surface area contributed by atoms with Gasteiger partial charge in [0.05, 0.1) is 10.7 Å². The van der Waals surface area contributed by atoms with Crippen LogP contribution in [0.15, 0.2) is 0 Å². The number of nitrogens with one attached hydrogen (secondary N) is 1. The van der Waals surface area contributed by atoms with Crippen molar-refractivity contribution in [3.05, 3.63) is 15.6 Å². The van der Waals surface area contributed by atoms with Gasteiger partial charge >= 0.3 is 0 Å². The quantitative estimate of drug-likeness (QED) is 0.844. The second kappa shape index (κ2) is 6.62. The molecular weight excluding hydrogens is 236 g/mol. The third-order valence-electron chi connectivity index (χ3n) is 2.64. The molecule has 0 spiro atoms. The Kier molecular flexibility index (Phi) is 5.79. The highest BCUT2D eigenvalue weighted by atomic mass is 32.2. The fourth-order valence-electron chi connectivity index (χ4n) is 1.83. The Balaban J connectivity index is 2.51. The fraction of sp³-hybridized carbons (Fsp3) is 0.750. The van der Waals surface area contributed by atoms with Crippen molar-refractivity contribution < 1.29 is 0 Å². The predicted molar refractivity (Wildman–Crippen MR) is 75.6 cm³/mol. The first-order valence-corrected chi connectivity index (χ1v) is 7.94. The molecule has 2 nitrogen and oxygen atoms in total. The van der Waals surface area contributed by atoms with Crippen LogP contribution in [0.4, 0.5) is 0 Å². The molecule has 1 N–H and O–H groups in total. The summed E-state index contributed by atoms with van der Waals surface area (Å²) >= 11 is 3.69. The first kappa shape index (κ1) is 14.0. The third-order valence-corrected chi connectivity index (χ3v) is 4.19. The van der Waals surface area contributed by atoms with Gasteiger partial charge in [-0.25, -0.2) is 4.98 Å². The van der Waals surface area contributed by atoms with Crippen LogP contribution < -0.4 is 5.32 Å². The average Bonchev–Trinajstić information content (AvgIpc) is 2.54. The summed E-state index contributed by atoms with van der Waals surface area (Å²) in [5.74, 6) is 1.22. The van der Waals surface area contributed by atoms with Crippen molar-refractivity contribution in [3.8, 4) is 0 Å². The number of aryl methyl sites for hydroxylation is 2. The summed E-state index contributed by atoms with van der Waals surface area (Å²) in [7, 11) is 0. The van der Waals surface area contributed by atoms with Crippen LogP contribution in [0.1, 0.15) is 41.9 Å². The van der Waals surface area contributed by atoms with Crippen molar-refractivity contribution >= 4 is 23.1 Å². The Labute approximate surface area is 107 Å². The molecule has 1 heterocycles. The van der Waals surface area contributed by atoms with E-state index >= 15 is 0 Å². The lowest BCUT2D eigenvalue weighted by atomic mass is 10.1. The summed E-state index contributed by atoms with van der Waals surface area (Å²) in [6, 6.07) is 0.922. The number of nitrogens with zero attached hydrogens (tertiary/aromatic N) is 1. The van der Waals surface area contributed by atoms with E-state index in [2.05, 4.69) is 44.3 Å². The van der Waals surface area contributed by atoms with Crippen molar-refractivity contribution in [2.75, 3.05) is 12.0 Å². The minimum atomic E-state index is 0.363. The van der Waals surface area contributed by atoms with Gasteiger partial charge in [-0.2, -0.15) is 11.8 Å². The summed E-state index contributed by atoms with van der Waals surface area (Å²) in [5, 5.41) is 4.78. The van der Waals surface area contributed by atoms with E-state index in [4.69, 9.17) is 0 Å². The standard InChI is InChI=1S/C12H22N2S2/c1-8(6-7-15-5)13-9(2)12-10(3)16-11(4)14-12/h8-9,13H,6-7H2,1-5H3. The Hall–Kier alpha value is -0.0600. The minimum absolute atomic E-state index is 0.363. The molecule has 1 aromatic heterocycles. The number of rotatable bonds is 6. The zero-order valence-corrected chi connectivity index (χ0v) is 12.5. The molecule has 92 valence electrons. The van der Waals surface area contributed by atoms with E-state index in [9.17, 15) is 0 Å². The van der Waals surface area contributed by atoms with Gasteiger partial charge in [0.1, 0.15) is 0 Å². The van der Waals surface area contributed by atoms with E-state index in [1.54, 1.807) is 11.3 Å². The molecule has 0 aliphatic heterocycles. The van der Waals surface area contributed by atoms with E-state index in [1.165, 1.54) is 22.7 Å². The molecular formula is C12H22N2S2. The van der Waals surface area contributed by atoms with Crippen LogP contribution >= 0.6 is 23.1 Å². The Morgan fingerprint density at radius 2 is 2.06 bits per heavy atom. The molecule has 0 saturated carbocycles. The second-order valence-electron chi connectivity index (χ2n) is 4.25. The van der Waals surface area contributed by atoms with Crippen molar-refractivity contribution in [3.63, 3.8) is 0 Å². The first-order chi connectivity index (χ1) is 7.54. The minimum Gasteiger partial charge on any atom is -0.306 e. The Morgan fingerprint density at radius 1 is 1.38 bits per heavy atom. The highest BCUT2D eigenvalue weighted by Gasteiger charge is 2.14. The molecule has 1 aromatic rings. The highest BCUT2D eigenvalue weighted by molar-refractivity contribution is 7.98. The largest absolute Gasteiger partial charge is 0.306 e. The van der Waals surface area contributed by atoms with Crippen LogP contribution in [0.3, 0.4) is 0 Å². The molecule has 0 saturated heterocycles. The summed E-state index contributed by atoms with van der Waals surface area (Å²) in [6.45, 7) is 8.69. The smallest absolute Gasteiger partial charge is 0.0900 e. The van der Waals surface area contributed by atoms with Gasteiger partial charge in [0, 0.05) is 17.0 Å². The van der Waals surface area contributed by atoms with Crippen LogP contribution in [0.25, 0.3) is 0 Å². The second-order valence-corrected chi connectivity index (χ2v) is 6.64. The summed E-state index contributed by atoms with van der Waals surface area (Å²) in [5.41, 5.74) is 1.22. The van der Waals surface area contributed by atoms with Gasteiger partial charge in [-0.1, -0.05) is 0 Å². The van der Waals surface area contributed by atoms with Crippen LogP contribution in [0.2, 0.25) is 0 Å². The maximum Gasteiger partial charge on any atom is 0.0900 e. The molecule has 4 heteroatoms. The van der Waals surface area contributed by atoms with Crippen molar-refractivity contribution in [1.82, 2.24) is 10.3 Å². The molecule has 0 fully saturated rings. The lowest BCUT2D eigenvalue weighted by Crippen LogP contribution is -2.29. The molecule has 2 unspecified atom stereocenters. The number of aromatic nitrogens is 1. The van der Waals surface area contributed by atoms with Crippen LogP contribution in [0.5, 0.6) is 0 Å². The topological polar surface area (TPSA) is 24.9 Å². The van der Waals surface area contributed by atoms with Gasteiger partial charge < -0.3 is 5.32 Å². The lowest BCUT2D eigenvalue weighted by Gasteiger charge is -2.19. The van der Waals surface area contributed by atoms with Crippen LogP contribution in [-0.4, -0.2) is 23.0 Å². The summed E-state index contributed by atoms with van der Waals surface area (Å²) in [4.78, 5) is 5.94. The molecule has 0 aliphatic rings. The van der Waals surface area contributed by atoms with Gasteiger partial charge in [-0.15, -0.1) is 11.3 Å². The lowest BCUT2D eigenvalue weighted by molar-refractivity contribution is 0.464. The zero-order valence-electron chi connectivity index (χ0n) is 10.8. The molecule has 2 atom stereocenters. The van der Waals surface area contributed by atoms with Crippen molar-refractivity contribution in [2.45, 2.75) is 46.2 Å². The summed E-state index contributed by atoms with van der Waals surface area (Å²) < 4.78 is 0. The molecule has 1 rings (SSSR count). The van der Waals surface area contributed by atoms with Crippen LogP contribution in [-0.2, 0) is 0 Å². The fourth-order valence-corrected chi connectivity index (χ4v) is 3.33. The maximum absolute atomic E-state index is 4.59. The van der Waals surface area contributed by atoms with E-state index in [-0.39, 0.29) is 0 Å². The molecule has 0 aromatic carbocycles. The third kappa shape index (κ3) is 4.07. The zero-order chi connectivity index (χ0) is 12.1. The average molecular weight is 258 g/mol. The highest BCUT2D eigenvalue weighted by Crippen LogP contribution is 2.22. The summed E-state index contributed by atoms with van der Waals surface area (Å²) in [6.07, 6.45) is 3.37. The van der Waals surface area contributed by atoms with Gasteiger partial charge in [0.15, 0.2) is 0 Å². The van der Waals surface area contributed by atoms with Gasteiger partial charge in [-0.05, 0) is 46.1 Å². The predicted octanol–water partition coefficient (Wildman–Crippen LogP) is 3.55. The molecule has 0 bridgehead atoms. The Morgan fingerprint density at radius 3 is 2.56 bits per heavy atom. The number of hydrogen-bond acceptors (Lipinski definition) is 4. The van der Waals surface area contributed by atoms with Gasteiger partial charge in [-0.3, -0.25) is 0 Å². The monoisotopic (exact) mass is 258 g/mol. The molecule has 0 aliphatic carbocycles. The number of thiazole rings is 1. The maximum atomic E-state index is 4.59. The van der Waals surface area contributed by atoms with E-state index in [0.29, 0.717) is 12.1 Å². The van der Waals surface area contributed by atoms with E-state index in [0.717, 1.165) is 5.01 Å². The number of thioether (sulfide) groups is 1. The van der Waals surface area contributed by atoms with Gasteiger partial charge in [0.2, 0.25) is 0 Å². The molecule has 0 radical (unpaired) electrons. The van der Waals surface area contributed by atoms with E-state index < -0.39 is 0 Å². The molecule has 0 amide bonds. The molecule has 16 heavy (non-hydrogen) atoms. The van der Waals surface area contributed by atoms with Gasteiger partial charge in [0.25, 0.3) is 0 Å². The first-order valence-electron chi connectivity index (χ1n) is 5.73.